The molecule has 3 saturated carbocycles. The number of benzene rings is 1. The van der Waals surface area contributed by atoms with Crippen molar-refractivity contribution < 1.29 is 38.1 Å². The highest BCUT2D eigenvalue weighted by Gasteiger charge is 2.77. The molecule has 6 rings (SSSR count). The molecule has 1 heterocycles. The second-order valence-corrected chi connectivity index (χ2v) is 11.7. The summed E-state index contributed by atoms with van der Waals surface area (Å²) in [5, 5.41) is -0.126. The first-order valence-electron chi connectivity index (χ1n) is 12.9. The van der Waals surface area contributed by atoms with Gasteiger partial charge >= 0.3 is 23.1 Å². The molecule has 0 amide bonds. The van der Waals surface area contributed by atoms with Gasteiger partial charge < -0.3 is 23.7 Å². The van der Waals surface area contributed by atoms with E-state index in [4.69, 9.17) is 35.9 Å². The number of rotatable bonds is 4. The fourth-order valence-corrected chi connectivity index (χ4v) is 8.46. The van der Waals surface area contributed by atoms with E-state index in [1.54, 1.807) is 19.1 Å². The Balaban J connectivity index is 1.40. The third-order valence-corrected chi connectivity index (χ3v) is 9.76. The van der Waals surface area contributed by atoms with Gasteiger partial charge in [-0.05, 0) is 67.7 Å². The predicted octanol–water partition coefficient (Wildman–Crippen LogP) is 4.07. The van der Waals surface area contributed by atoms with Gasteiger partial charge in [0.25, 0.3) is 0 Å². The zero-order valence-electron chi connectivity index (χ0n) is 21.6. The molecular weight excluding hydrogens is 508 g/mol. The van der Waals surface area contributed by atoms with Crippen molar-refractivity contribution >= 4 is 35.4 Å². The van der Waals surface area contributed by atoms with Gasteiger partial charge in [0.1, 0.15) is 16.8 Å². The number of para-hydroxylation sites is 1. The van der Waals surface area contributed by atoms with Crippen LogP contribution in [0.3, 0.4) is 0 Å². The molecule has 0 unspecified atom stereocenters. The van der Waals surface area contributed by atoms with Crippen LogP contribution in [-0.2, 0) is 33.3 Å². The molecule has 1 spiro atoms. The highest BCUT2D eigenvalue weighted by Crippen LogP contribution is 2.75. The summed E-state index contributed by atoms with van der Waals surface area (Å²) in [5.74, 6) is -1.93. The molecule has 0 aromatic heterocycles. The summed E-state index contributed by atoms with van der Waals surface area (Å²) < 4.78 is 28.9. The van der Waals surface area contributed by atoms with Crippen molar-refractivity contribution in [3.63, 3.8) is 0 Å². The third kappa shape index (κ3) is 3.26. The molecule has 9 heteroatoms. The number of methoxy groups -OCH3 is 1. The van der Waals surface area contributed by atoms with Crippen LogP contribution in [0.15, 0.2) is 54.1 Å². The smallest absolute Gasteiger partial charge is 0.358 e. The van der Waals surface area contributed by atoms with Crippen LogP contribution in [0.25, 0.3) is 0 Å². The predicted molar refractivity (Wildman–Crippen MR) is 138 cm³/mol. The lowest BCUT2D eigenvalue weighted by molar-refractivity contribution is -0.163. The lowest BCUT2D eigenvalue weighted by Crippen LogP contribution is -2.52. The van der Waals surface area contributed by atoms with Gasteiger partial charge in [-0.1, -0.05) is 30.4 Å². The first-order valence-corrected chi connectivity index (χ1v) is 13.3. The first kappa shape index (κ1) is 25.1. The number of carbonyl (C=O) groups is 3. The van der Waals surface area contributed by atoms with Crippen LogP contribution in [0.5, 0.6) is 5.75 Å². The Hall–Kier alpha value is -3.20. The van der Waals surface area contributed by atoms with Crippen LogP contribution < -0.4 is 4.74 Å². The van der Waals surface area contributed by atoms with E-state index in [1.165, 1.54) is 14.0 Å². The second-order valence-electron chi connectivity index (χ2n) is 11.4. The van der Waals surface area contributed by atoms with Gasteiger partial charge in [0, 0.05) is 25.1 Å². The molecule has 0 N–H and O–H groups in total. The summed E-state index contributed by atoms with van der Waals surface area (Å²) >= 11 is 5.40. The van der Waals surface area contributed by atoms with E-state index in [2.05, 4.69) is 6.58 Å². The maximum atomic E-state index is 13.6. The molecule has 38 heavy (non-hydrogen) atoms. The molecule has 5 aliphatic rings. The maximum Gasteiger partial charge on any atom is 0.358 e. The van der Waals surface area contributed by atoms with Gasteiger partial charge in [0.2, 0.25) is 0 Å². The molecule has 4 bridgehead atoms. The molecule has 0 radical (unpaired) electrons. The summed E-state index contributed by atoms with van der Waals surface area (Å²) in [4.78, 5) is 39.2. The molecular formula is C29H30O8S. The van der Waals surface area contributed by atoms with Gasteiger partial charge in [0.05, 0.1) is 13.0 Å². The van der Waals surface area contributed by atoms with Crippen LogP contribution >= 0.6 is 12.2 Å². The molecule has 1 saturated heterocycles. The van der Waals surface area contributed by atoms with Crippen molar-refractivity contribution in [3.05, 3.63) is 54.1 Å². The highest BCUT2D eigenvalue weighted by atomic mass is 32.1. The van der Waals surface area contributed by atoms with Gasteiger partial charge in [0.15, 0.2) is 12.2 Å². The highest BCUT2D eigenvalue weighted by molar-refractivity contribution is 7.79. The SMILES string of the molecule is C=C1C[C@]23C[C@@]1(OC(C)=O)CC[C@H]2C1=C[C@H]2OC(=O)[C@@](C)([C@H]1[C@@H]3C(=O)OC)[C@H]2OC(=S)Oc1ccccc1. The summed E-state index contributed by atoms with van der Waals surface area (Å²) in [7, 11) is 1.36. The number of hydrogen-bond donors (Lipinski definition) is 0. The van der Waals surface area contributed by atoms with Gasteiger partial charge in [-0.2, -0.15) is 0 Å². The Labute approximate surface area is 226 Å². The van der Waals surface area contributed by atoms with E-state index >= 15 is 0 Å². The minimum Gasteiger partial charge on any atom is -0.469 e. The minimum absolute atomic E-state index is 0.00988. The molecule has 200 valence electrons. The van der Waals surface area contributed by atoms with Crippen molar-refractivity contribution in [2.24, 2.45) is 28.6 Å². The average Bonchev–Trinajstić information content (AvgIpc) is 3.33. The molecule has 4 aliphatic carbocycles. The number of carbonyl (C=O) groups excluding carboxylic acids is 3. The Bertz CT molecular complexity index is 1290. The third-order valence-electron chi connectivity index (χ3n) is 9.58. The van der Waals surface area contributed by atoms with Crippen LogP contribution in [0, 0.1) is 28.6 Å². The largest absolute Gasteiger partial charge is 0.469 e. The van der Waals surface area contributed by atoms with Crippen molar-refractivity contribution in [2.75, 3.05) is 7.11 Å². The Morgan fingerprint density at radius 1 is 1.21 bits per heavy atom. The van der Waals surface area contributed by atoms with Crippen LogP contribution in [-0.4, -0.2) is 48.1 Å². The zero-order chi connectivity index (χ0) is 27.0. The van der Waals surface area contributed by atoms with Crippen LogP contribution in [0.1, 0.15) is 39.5 Å². The molecule has 1 aromatic carbocycles. The average molecular weight is 539 g/mol. The summed E-state index contributed by atoms with van der Waals surface area (Å²) in [5.41, 5.74) is -0.790. The molecule has 8 atom stereocenters. The second kappa shape index (κ2) is 8.40. The fourth-order valence-electron chi connectivity index (χ4n) is 8.26. The molecule has 1 aliphatic heterocycles. The van der Waals surface area contributed by atoms with Gasteiger partial charge in [-0.25, -0.2) is 0 Å². The number of esters is 3. The van der Waals surface area contributed by atoms with Gasteiger partial charge in [-0.15, -0.1) is 0 Å². The van der Waals surface area contributed by atoms with Crippen molar-refractivity contribution in [1.29, 1.82) is 0 Å². The fraction of sp³-hybridized carbons (Fsp3) is 0.517. The number of hydrogen-bond acceptors (Lipinski definition) is 9. The summed E-state index contributed by atoms with van der Waals surface area (Å²) in [6, 6.07) is 9.00. The van der Waals surface area contributed by atoms with E-state index in [0.29, 0.717) is 31.4 Å². The topological polar surface area (TPSA) is 97.4 Å². The number of thiocarbonyl (C=S) groups is 1. The lowest BCUT2D eigenvalue weighted by atomic mass is 9.61. The van der Waals surface area contributed by atoms with Crippen molar-refractivity contribution in [3.8, 4) is 5.75 Å². The molecule has 1 aromatic rings. The zero-order valence-corrected chi connectivity index (χ0v) is 22.4. The van der Waals surface area contributed by atoms with E-state index in [9.17, 15) is 14.4 Å². The Morgan fingerprint density at radius 3 is 2.63 bits per heavy atom. The standard InChI is InChI=1S/C29H30O8S/c1-15-13-28-14-29(15,37-16(2)30)11-10-19(28)18-12-20-23(36-26(38)34-17-8-6-5-7-9-17)27(3,25(32)35-20)21(18)22(28)24(31)33-4/h5-9,12,19-23H,1,10-11,13-14H2,2-4H3/t19-,20+,21+,22+,23-,27-,28-,29-/m0/s1. The number of fused-ring (bicyclic) bond motifs is 6. The van der Waals surface area contributed by atoms with E-state index in [1.807, 2.05) is 24.3 Å². The summed E-state index contributed by atoms with van der Waals surface area (Å²) in [6.07, 6.45) is 2.77. The quantitative estimate of drug-likeness (QED) is 0.243. The Morgan fingerprint density at radius 2 is 1.95 bits per heavy atom. The minimum atomic E-state index is -1.21. The number of allylic oxidation sites excluding steroid dienone is 1. The number of ether oxygens (including phenoxy) is 5. The van der Waals surface area contributed by atoms with Crippen LogP contribution in [0.4, 0.5) is 0 Å². The maximum absolute atomic E-state index is 13.6. The van der Waals surface area contributed by atoms with Crippen LogP contribution in [0.2, 0.25) is 0 Å². The van der Waals surface area contributed by atoms with Crippen molar-refractivity contribution in [1.82, 2.24) is 0 Å². The first-order chi connectivity index (χ1) is 18.1. The normalized spacial score (nSPS) is 39.9. The van der Waals surface area contributed by atoms with Crippen molar-refractivity contribution in [2.45, 2.75) is 57.3 Å². The van der Waals surface area contributed by atoms with E-state index in [0.717, 1.165) is 11.1 Å². The van der Waals surface area contributed by atoms with Gasteiger partial charge in [-0.3, -0.25) is 14.4 Å². The molecule has 4 fully saturated rings. The lowest BCUT2D eigenvalue weighted by Gasteiger charge is -2.43. The summed E-state index contributed by atoms with van der Waals surface area (Å²) in [6.45, 7) is 7.47. The van der Waals surface area contributed by atoms with E-state index < -0.39 is 52.4 Å². The molecule has 8 nitrogen and oxygen atoms in total. The monoisotopic (exact) mass is 538 g/mol. The Kier molecular flexibility index (Phi) is 5.55. The van der Waals surface area contributed by atoms with E-state index in [-0.39, 0.29) is 17.1 Å².